The lowest BCUT2D eigenvalue weighted by Gasteiger charge is -2.11. The second-order valence-electron chi connectivity index (χ2n) is 6.17. The Morgan fingerprint density at radius 2 is 2.11 bits per heavy atom. The normalized spacial score (nSPS) is 12.5. The van der Waals surface area contributed by atoms with Crippen LogP contribution in [0.3, 0.4) is 0 Å². The lowest BCUT2D eigenvalue weighted by Crippen LogP contribution is -2.19. The molecule has 0 spiro atoms. The molecule has 3 aromatic rings. The van der Waals surface area contributed by atoms with E-state index in [2.05, 4.69) is 27.2 Å². The molecule has 1 amide bonds. The van der Waals surface area contributed by atoms with Gasteiger partial charge in [-0.25, -0.2) is 15.0 Å². The molecular weight excluding hydrogens is 380 g/mol. The van der Waals surface area contributed by atoms with Crippen LogP contribution in [0.5, 0.6) is 11.5 Å². The van der Waals surface area contributed by atoms with Gasteiger partial charge in [0.15, 0.2) is 33.6 Å². The van der Waals surface area contributed by atoms with Crippen molar-refractivity contribution in [1.29, 1.82) is 0 Å². The second kappa shape index (κ2) is 7.55. The number of carbonyl (C=O) groups is 1. The van der Waals surface area contributed by atoms with Crippen molar-refractivity contribution in [3.8, 4) is 11.5 Å². The van der Waals surface area contributed by atoms with Gasteiger partial charge in [0.05, 0.1) is 0 Å². The number of nitrogens with zero attached hydrogens (tertiary/aromatic N) is 4. The van der Waals surface area contributed by atoms with E-state index in [1.807, 2.05) is 16.7 Å². The third-order valence-electron chi connectivity index (χ3n) is 4.50. The van der Waals surface area contributed by atoms with E-state index in [0.717, 1.165) is 22.6 Å². The van der Waals surface area contributed by atoms with E-state index >= 15 is 0 Å². The maximum absolute atomic E-state index is 11.8. The number of ether oxygens (including phenoxy) is 2. The zero-order valence-electron chi connectivity index (χ0n) is 15.6. The van der Waals surface area contributed by atoms with Crippen molar-refractivity contribution >= 4 is 34.7 Å². The molecule has 2 aromatic heterocycles. The molecule has 10 heteroatoms. The van der Waals surface area contributed by atoms with Crippen molar-refractivity contribution < 1.29 is 14.3 Å². The fourth-order valence-electron chi connectivity index (χ4n) is 2.99. The average Bonchev–Trinajstić information content (AvgIpc) is 3.30. The van der Waals surface area contributed by atoms with Crippen LogP contribution in [0, 0.1) is 0 Å². The largest absolute Gasteiger partial charge is 0.454 e. The molecule has 0 fully saturated rings. The van der Waals surface area contributed by atoms with Crippen molar-refractivity contribution in [3.63, 3.8) is 0 Å². The van der Waals surface area contributed by atoms with Crippen LogP contribution in [0.15, 0.2) is 28.5 Å². The van der Waals surface area contributed by atoms with Crippen LogP contribution in [0.2, 0.25) is 0 Å². The topological polar surface area (TPSA) is 117 Å². The molecule has 1 aliphatic heterocycles. The summed E-state index contributed by atoms with van der Waals surface area (Å²) in [7, 11) is 1.62. The number of hydrogen-bond acceptors (Lipinski definition) is 8. The molecule has 0 aliphatic carbocycles. The number of rotatable bonds is 6. The SMILES string of the molecule is CCc1cc2c(cc1Sc1nc3c(N)ncnc3n1CCC(=O)NC)OCO2. The smallest absolute Gasteiger partial charge is 0.231 e. The highest BCUT2D eigenvalue weighted by Crippen LogP contribution is 2.41. The van der Waals surface area contributed by atoms with Crippen molar-refractivity contribution in [2.75, 3.05) is 19.6 Å². The third kappa shape index (κ3) is 3.31. The molecular formula is C18H20N6O3S. The molecule has 0 saturated carbocycles. The van der Waals surface area contributed by atoms with Crippen LogP contribution >= 0.6 is 11.8 Å². The molecule has 0 radical (unpaired) electrons. The van der Waals surface area contributed by atoms with Gasteiger partial charge in [-0.05, 0) is 24.1 Å². The van der Waals surface area contributed by atoms with Gasteiger partial charge < -0.3 is 25.1 Å². The Morgan fingerprint density at radius 1 is 1.32 bits per heavy atom. The van der Waals surface area contributed by atoms with Gasteiger partial charge in [-0.3, -0.25) is 4.79 Å². The summed E-state index contributed by atoms with van der Waals surface area (Å²) in [4.78, 5) is 25.8. The molecule has 1 aromatic carbocycles. The Bertz CT molecular complexity index is 1050. The first-order valence-electron chi connectivity index (χ1n) is 8.88. The van der Waals surface area contributed by atoms with E-state index in [1.165, 1.54) is 18.1 Å². The van der Waals surface area contributed by atoms with E-state index in [9.17, 15) is 4.79 Å². The summed E-state index contributed by atoms with van der Waals surface area (Å²) >= 11 is 1.49. The number of fused-ring (bicyclic) bond motifs is 2. The van der Waals surface area contributed by atoms with Gasteiger partial charge in [0.1, 0.15) is 6.33 Å². The Kier molecular flexibility index (Phi) is 4.95. The lowest BCUT2D eigenvalue weighted by molar-refractivity contribution is -0.120. The maximum Gasteiger partial charge on any atom is 0.231 e. The first kappa shape index (κ1) is 18.4. The molecule has 4 rings (SSSR count). The molecule has 146 valence electrons. The number of hydrogen-bond donors (Lipinski definition) is 2. The first-order chi connectivity index (χ1) is 13.6. The average molecular weight is 400 g/mol. The van der Waals surface area contributed by atoms with Crippen LogP contribution in [-0.2, 0) is 17.8 Å². The molecule has 0 unspecified atom stereocenters. The van der Waals surface area contributed by atoms with E-state index in [1.54, 1.807) is 7.05 Å². The number of anilines is 1. The zero-order chi connectivity index (χ0) is 19.7. The summed E-state index contributed by atoms with van der Waals surface area (Å²) in [5.74, 6) is 1.72. The van der Waals surface area contributed by atoms with Crippen molar-refractivity contribution in [2.24, 2.45) is 0 Å². The van der Waals surface area contributed by atoms with Crippen molar-refractivity contribution in [3.05, 3.63) is 24.0 Å². The molecule has 3 heterocycles. The summed E-state index contributed by atoms with van der Waals surface area (Å²) in [6, 6.07) is 3.96. The van der Waals surface area contributed by atoms with Crippen LogP contribution < -0.4 is 20.5 Å². The number of nitrogen functional groups attached to an aromatic ring is 1. The van der Waals surface area contributed by atoms with Gasteiger partial charge in [-0.2, -0.15) is 0 Å². The maximum atomic E-state index is 11.8. The van der Waals surface area contributed by atoms with Crippen LogP contribution in [0.1, 0.15) is 18.9 Å². The highest BCUT2D eigenvalue weighted by atomic mass is 32.2. The summed E-state index contributed by atoms with van der Waals surface area (Å²) in [5.41, 5.74) is 8.25. The van der Waals surface area contributed by atoms with E-state index in [-0.39, 0.29) is 12.7 Å². The Balaban J connectivity index is 1.76. The predicted octanol–water partition coefficient (Wildman–Crippen LogP) is 1.99. The molecule has 0 atom stereocenters. The number of aromatic nitrogens is 4. The summed E-state index contributed by atoms with van der Waals surface area (Å²) in [5, 5.41) is 3.33. The molecule has 1 aliphatic rings. The van der Waals surface area contributed by atoms with Crippen molar-refractivity contribution in [2.45, 2.75) is 36.4 Å². The number of imidazole rings is 1. The summed E-state index contributed by atoms with van der Waals surface area (Å²) < 4.78 is 12.9. The van der Waals surface area contributed by atoms with Crippen LogP contribution in [0.25, 0.3) is 11.2 Å². The van der Waals surface area contributed by atoms with Crippen LogP contribution in [-0.4, -0.2) is 39.3 Å². The second-order valence-corrected chi connectivity index (χ2v) is 7.18. The molecule has 0 saturated heterocycles. The molecule has 9 nitrogen and oxygen atoms in total. The minimum atomic E-state index is -0.0582. The number of nitrogens with two attached hydrogens (primary N) is 1. The Morgan fingerprint density at radius 3 is 2.86 bits per heavy atom. The third-order valence-corrected chi connectivity index (χ3v) is 5.60. The molecule has 28 heavy (non-hydrogen) atoms. The fraction of sp³-hybridized carbons (Fsp3) is 0.333. The minimum Gasteiger partial charge on any atom is -0.454 e. The van der Waals surface area contributed by atoms with Gasteiger partial charge in [0, 0.05) is 24.9 Å². The number of benzene rings is 1. The minimum absolute atomic E-state index is 0.0582. The molecule has 3 N–H and O–H groups in total. The van der Waals surface area contributed by atoms with Gasteiger partial charge in [-0.1, -0.05) is 18.7 Å². The van der Waals surface area contributed by atoms with Gasteiger partial charge in [-0.15, -0.1) is 0 Å². The van der Waals surface area contributed by atoms with Crippen LogP contribution in [0.4, 0.5) is 5.82 Å². The van der Waals surface area contributed by atoms with Gasteiger partial charge in [0.25, 0.3) is 0 Å². The fourth-order valence-corrected chi connectivity index (χ4v) is 4.11. The number of nitrogens with one attached hydrogen (secondary N) is 1. The van der Waals surface area contributed by atoms with E-state index in [0.29, 0.717) is 40.9 Å². The summed E-state index contributed by atoms with van der Waals surface area (Å²) in [6.07, 6.45) is 2.54. The van der Waals surface area contributed by atoms with E-state index < -0.39 is 0 Å². The zero-order valence-corrected chi connectivity index (χ0v) is 16.4. The molecule has 0 bridgehead atoms. The Labute approximate surface area is 165 Å². The number of carbonyl (C=O) groups excluding carboxylic acids is 1. The highest BCUT2D eigenvalue weighted by molar-refractivity contribution is 7.99. The predicted molar refractivity (Wildman–Crippen MR) is 104 cm³/mol. The first-order valence-corrected chi connectivity index (χ1v) is 9.70. The summed E-state index contributed by atoms with van der Waals surface area (Å²) in [6.45, 7) is 2.74. The monoisotopic (exact) mass is 400 g/mol. The van der Waals surface area contributed by atoms with Gasteiger partial charge >= 0.3 is 0 Å². The van der Waals surface area contributed by atoms with E-state index in [4.69, 9.17) is 15.2 Å². The Hall–Kier alpha value is -3.01. The standard InChI is InChI=1S/C18H20N6O3S/c1-3-10-6-11-12(27-9-26-11)7-13(10)28-18-23-15-16(19)21-8-22-17(15)24(18)5-4-14(25)20-2/h6-8H,3-5,9H2,1-2H3,(H,20,25)(H2,19,21,22). The number of amides is 1. The lowest BCUT2D eigenvalue weighted by atomic mass is 10.1. The van der Waals surface area contributed by atoms with Crippen molar-refractivity contribution in [1.82, 2.24) is 24.8 Å². The number of aryl methyl sites for hydroxylation is 2. The van der Waals surface area contributed by atoms with Gasteiger partial charge in [0.2, 0.25) is 12.7 Å². The highest BCUT2D eigenvalue weighted by Gasteiger charge is 2.21. The quantitative estimate of drug-likeness (QED) is 0.645.